The first-order chi connectivity index (χ1) is 6.85. The molecule has 0 unspecified atom stereocenters. The number of aliphatic carboxylic acids is 1. The molecule has 0 atom stereocenters. The van der Waals surface area contributed by atoms with Crippen molar-refractivity contribution in [2.45, 2.75) is 19.4 Å². The van der Waals surface area contributed by atoms with Crippen molar-refractivity contribution >= 4 is 27.6 Å². The van der Waals surface area contributed by atoms with Gasteiger partial charge in [0.25, 0.3) is 0 Å². The van der Waals surface area contributed by atoms with Crippen molar-refractivity contribution < 1.29 is 9.90 Å². The highest BCUT2D eigenvalue weighted by Gasteiger charge is 2.32. The summed E-state index contributed by atoms with van der Waals surface area (Å²) in [7, 11) is 1.77. The molecule has 0 amide bonds. The average Bonchev–Trinajstić information content (AvgIpc) is 2.16. The lowest BCUT2D eigenvalue weighted by Gasteiger charge is -2.33. The van der Waals surface area contributed by atoms with Crippen LogP contribution in [0.25, 0.3) is 0 Å². The predicted molar refractivity (Wildman–Crippen MR) is 64.3 cm³/mol. The summed E-state index contributed by atoms with van der Waals surface area (Å²) in [4.78, 5) is 12.8. The predicted octanol–water partition coefficient (Wildman–Crippen LogP) is 2.75. The van der Waals surface area contributed by atoms with Crippen molar-refractivity contribution in [2.75, 3.05) is 11.9 Å². The van der Waals surface area contributed by atoms with Gasteiger partial charge in [-0.15, -0.1) is 0 Å². The molecule has 0 heterocycles. The van der Waals surface area contributed by atoms with Crippen molar-refractivity contribution in [1.82, 2.24) is 0 Å². The zero-order valence-electron chi connectivity index (χ0n) is 8.99. The molecule has 1 rings (SSSR count). The number of carbonyl (C=O) groups is 1. The van der Waals surface area contributed by atoms with Gasteiger partial charge in [0.2, 0.25) is 0 Å². The van der Waals surface area contributed by atoms with E-state index >= 15 is 0 Å². The van der Waals surface area contributed by atoms with Gasteiger partial charge in [-0.05, 0) is 32.0 Å². The standard InChI is InChI=1S/C11H14BrNO2/c1-11(2,10(14)15)13(3)9-6-4-5-8(12)7-9/h4-7H,1-3H3,(H,14,15). The van der Waals surface area contributed by atoms with Crippen LogP contribution in [0.15, 0.2) is 28.7 Å². The number of hydrogen-bond donors (Lipinski definition) is 1. The zero-order chi connectivity index (χ0) is 11.6. The van der Waals surface area contributed by atoms with Crippen LogP contribution in [0, 0.1) is 0 Å². The minimum Gasteiger partial charge on any atom is -0.480 e. The summed E-state index contributed by atoms with van der Waals surface area (Å²) >= 11 is 3.36. The van der Waals surface area contributed by atoms with Crippen LogP contribution in [-0.4, -0.2) is 23.7 Å². The Hall–Kier alpha value is -1.03. The van der Waals surface area contributed by atoms with Crippen LogP contribution in [0.2, 0.25) is 0 Å². The van der Waals surface area contributed by atoms with E-state index in [9.17, 15) is 4.79 Å². The van der Waals surface area contributed by atoms with Gasteiger partial charge in [-0.1, -0.05) is 22.0 Å². The molecular formula is C11H14BrNO2. The van der Waals surface area contributed by atoms with E-state index in [1.165, 1.54) is 0 Å². The van der Waals surface area contributed by atoms with Crippen molar-refractivity contribution in [3.63, 3.8) is 0 Å². The lowest BCUT2D eigenvalue weighted by atomic mass is 10.0. The van der Waals surface area contributed by atoms with Gasteiger partial charge in [0.1, 0.15) is 5.54 Å². The van der Waals surface area contributed by atoms with Gasteiger partial charge >= 0.3 is 5.97 Å². The fourth-order valence-electron chi connectivity index (χ4n) is 1.15. The second-order valence-corrected chi connectivity index (χ2v) is 4.82. The maximum atomic E-state index is 11.1. The van der Waals surface area contributed by atoms with E-state index in [2.05, 4.69) is 15.9 Å². The fourth-order valence-corrected chi connectivity index (χ4v) is 1.54. The maximum Gasteiger partial charge on any atom is 0.328 e. The largest absolute Gasteiger partial charge is 0.480 e. The number of anilines is 1. The third kappa shape index (κ3) is 2.50. The summed E-state index contributed by atoms with van der Waals surface area (Å²) in [5.41, 5.74) is -0.0439. The van der Waals surface area contributed by atoms with Gasteiger partial charge in [0, 0.05) is 17.2 Å². The van der Waals surface area contributed by atoms with Crippen molar-refractivity contribution in [1.29, 1.82) is 0 Å². The Labute approximate surface area is 97.8 Å². The first kappa shape index (κ1) is 12.0. The van der Waals surface area contributed by atoms with Gasteiger partial charge in [0.15, 0.2) is 0 Å². The highest BCUT2D eigenvalue weighted by atomic mass is 79.9. The molecule has 0 saturated heterocycles. The van der Waals surface area contributed by atoms with Gasteiger partial charge < -0.3 is 10.0 Å². The van der Waals surface area contributed by atoms with Crippen molar-refractivity contribution in [3.05, 3.63) is 28.7 Å². The molecule has 0 aliphatic carbocycles. The van der Waals surface area contributed by atoms with Gasteiger partial charge in [-0.25, -0.2) is 4.79 Å². The molecule has 0 radical (unpaired) electrons. The zero-order valence-corrected chi connectivity index (χ0v) is 10.6. The number of hydrogen-bond acceptors (Lipinski definition) is 2. The molecule has 1 aromatic rings. The molecule has 0 bridgehead atoms. The molecule has 15 heavy (non-hydrogen) atoms. The molecular weight excluding hydrogens is 258 g/mol. The second kappa shape index (κ2) is 4.23. The van der Waals surface area contributed by atoms with Crippen LogP contribution in [-0.2, 0) is 4.79 Å². The topological polar surface area (TPSA) is 40.5 Å². The number of nitrogens with zero attached hydrogens (tertiary/aromatic N) is 1. The van der Waals surface area contributed by atoms with Gasteiger partial charge in [-0.2, -0.15) is 0 Å². The minimum absolute atomic E-state index is 0.843. The molecule has 0 aliphatic heterocycles. The summed E-state index contributed by atoms with van der Waals surface area (Å²) in [6.45, 7) is 3.35. The van der Waals surface area contributed by atoms with Crippen LogP contribution in [0.4, 0.5) is 5.69 Å². The van der Waals surface area contributed by atoms with Crippen molar-refractivity contribution in [2.24, 2.45) is 0 Å². The number of carboxylic acid groups (broad SMARTS) is 1. The van der Waals surface area contributed by atoms with Crippen molar-refractivity contribution in [3.8, 4) is 0 Å². The molecule has 4 heteroatoms. The highest BCUT2D eigenvalue weighted by Crippen LogP contribution is 2.25. The molecule has 1 aromatic carbocycles. The normalized spacial score (nSPS) is 11.2. The Kier molecular flexibility index (Phi) is 3.39. The Balaban J connectivity index is 3.04. The first-order valence-corrected chi connectivity index (χ1v) is 5.38. The molecule has 0 aliphatic rings. The molecule has 0 saturated carbocycles. The summed E-state index contributed by atoms with van der Waals surface area (Å²) in [5, 5.41) is 9.09. The Morgan fingerprint density at radius 2 is 2.07 bits per heavy atom. The Morgan fingerprint density at radius 1 is 1.47 bits per heavy atom. The van der Waals surface area contributed by atoms with Crippen LogP contribution < -0.4 is 4.90 Å². The van der Waals surface area contributed by atoms with E-state index in [1.54, 1.807) is 25.8 Å². The quantitative estimate of drug-likeness (QED) is 0.919. The maximum absolute atomic E-state index is 11.1. The first-order valence-electron chi connectivity index (χ1n) is 4.58. The van der Waals surface area contributed by atoms with Gasteiger partial charge in [0.05, 0.1) is 0 Å². The summed E-state index contributed by atoms with van der Waals surface area (Å²) in [6.07, 6.45) is 0. The fraction of sp³-hybridized carbons (Fsp3) is 0.364. The molecule has 0 aromatic heterocycles. The molecule has 0 spiro atoms. The number of benzene rings is 1. The lowest BCUT2D eigenvalue weighted by Crippen LogP contribution is -2.48. The highest BCUT2D eigenvalue weighted by molar-refractivity contribution is 9.10. The number of carboxylic acids is 1. The SMILES string of the molecule is CN(c1cccc(Br)c1)C(C)(C)C(=O)O. The minimum atomic E-state index is -0.916. The molecule has 3 nitrogen and oxygen atoms in total. The third-order valence-corrected chi connectivity index (χ3v) is 3.05. The van der Waals surface area contributed by atoms with E-state index in [-0.39, 0.29) is 0 Å². The molecule has 0 fully saturated rings. The van der Waals surface area contributed by atoms with E-state index < -0.39 is 11.5 Å². The van der Waals surface area contributed by atoms with Crippen LogP contribution in [0.5, 0.6) is 0 Å². The van der Waals surface area contributed by atoms with Crippen LogP contribution in [0.3, 0.4) is 0 Å². The van der Waals surface area contributed by atoms with Crippen LogP contribution in [0.1, 0.15) is 13.8 Å². The third-order valence-electron chi connectivity index (χ3n) is 2.56. The number of halogens is 1. The smallest absolute Gasteiger partial charge is 0.328 e. The Morgan fingerprint density at radius 3 is 2.53 bits per heavy atom. The van der Waals surface area contributed by atoms with E-state index in [4.69, 9.17) is 5.11 Å². The van der Waals surface area contributed by atoms with Gasteiger partial charge in [-0.3, -0.25) is 0 Å². The number of rotatable bonds is 3. The van der Waals surface area contributed by atoms with Crippen LogP contribution >= 0.6 is 15.9 Å². The average molecular weight is 272 g/mol. The molecule has 1 N–H and O–H groups in total. The summed E-state index contributed by atoms with van der Waals surface area (Å²) in [6, 6.07) is 7.57. The summed E-state index contributed by atoms with van der Waals surface area (Å²) < 4.78 is 0.938. The second-order valence-electron chi connectivity index (χ2n) is 3.90. The Bertz CT molecular complexity index is 377. The lowest BCUT2D eigenvalue weighted by molar-refractivity contribution is -0.142. The van der Waals surface area contributed by atoms with E-state index in [0.717, 1.165) is 10.2 Å². The number of likely N-dealkylation sites (N-methyl/N-ethyl adjacent to an activating group) is 1. The van der Waals surface area contributed by atoms with E-state index in [0.29, 0.717) is 0 Å². The van der Waals surface area contributed by atoms with E-state index in [1.807, 2.05) is 24.3 Å². The molecule has 82 valence electrons. The summed E-state index contributed by atoms with van der Waals surface area (Å²) in [5.74, 6) is -0.843. The monoisotopic (exact) mass is 271 g/mol.